The molecule has 1 rings (SSSR count). The highest BCUT2D eigenvalue weighted by atomic mass is 16.3. The van der Waals surface area contributed by atoms with E-state index in [0.29, 0.717) is 19.5 Å². The van der Waals surface area contributed by atoms with Crippen LogP contribution in [0.4, 0.5) is 0 Å². The van der Waals surface area contributed by atoms with Gasteiger partial charge in [0.25, 0.3) is 0 Å². The Hall–Kier alpha value is -0.730. The number of aliphatic hydroxyl groups is 3. The molecule has 0 radical (unpaired) electrons. The molecule has 0 aliphatic carbocycles. The fourth-order valence-corrected chi connectivity index (χ4v) is 2.40. The highest BCUT2D eigenvalue weighted by Gasteiger charge is 2.46. The number of likely N-dealkylation sites (tertiary alicyclic amines) is 1. The standard InChI is InChI=1S/C11H23N3O4/c1-7(16)13-5-8-10(17)11(18)9(6-15)14(8)4-2-3-12/h8-11,15,17-18H,2-6,12H2,1H3,(H,13,16)/t8-,9-,10-,11-/m1/s1. The summed E-state index contributed by atoms with van der Waals surface area (Å²) in [7, 11) is 0. The van der Waals surface area contributed by atoms with Crippen LogP contribution in [0.25, 0.3) is 0 Å². The number of aliphatic hydroxyl groups excluding tert-OH is 3. The number of hydrogen-bond acceptors (Lipinski definition) is 6. The maximum absolute atomic E-state index is 10.9. The number of nitrogens with zero attached hydrogens (tertiary/aromatic N) is 1. The molecule has 0 aromatic rings. The van der Waals surface area contributed by atoms with Gasteiger partial charge in [-0.15, -0.1) is 0 Å². The molecule has 1 saturated heterocycles. The third-order valence-corrected chi connectivity index (χ3v) is 3.36. The van der Waals surface area contributed by atoms with Gasteiger partial charge in [0, 0.05) is 20.0 Å². The molecule has 0 spiro atoms. The molecule has 0 bridgehead atoms. The smallest absolute Gasteiger partial charge is 0.216 e. The normalized spacial score (nSPS) is 32.7. The number of nitrogens with one attached hydrogen (secondary N) is 1. The number of carbonyl (C=O) groups is 1. The number of amides is 1. The molecular weight excluding hydrogens is 238 g/mol. The zero-order valence-electron chi connectivity index (χ0n) is 10.6. The second-order valence-electron chi connectivity index (χ2n) is 4.62. The van der Waals surface area contributed by atoms with Crippen LogP contribution in [0.15, 0.2) is 0 Å². The first-order valence-electron chi connectivity index (χ1n) is 6.20. The summed E-state index contributed by atoms with van der Waals surface area (Å²) in [5.41, 5.74) is 5.45. The summed E-state index contributed by atoms with van der Waals surface area (Å²) in [5, 5.41) is 31.7. The van der Waals surface area contributed by atoms with Gasteiger partial charge in [0.15, 0.2) is 0 Å². The van der Waals surface area contributed by atoms with E-state index in [0.717, 1.165) is 0 Å². The maximum Gasteiger partial charge on any atom is 0.216 e. The fraction of sp³-hybridized carbons (Fsp3) is 0.909. The monoisotopic (exact) mass is 261 g/mol. The van der Waals surface area contributed by atoms with Gasteiger partial charge in [-0.1, -0.05) is 0 Å². The lowest BCUT2D eigenvalue weighted by molar-refractivity contribution is -0.119. The van der Waals surface area contributed by atoms with Crippen molar-refractivity contribution >= 4 is 5.91 Å². The third kappa shape index (κ3) is 3.39. The topological polar surface area (TPSA) is 119 Å². The van der Waals surface area contributed by atoms with E-state index < -0.39 is 24.3 Å². The molecule has 106 valence electrons. The van der Waals surface area contributed by atoms with Crippen LogP contribution in [0.2, 0.25) is 0 Å². The zero-order chi connectivity index (χ0) is 13.7. The number of carbonyl (C=O) groups excluding carboxylic acids is 1. The summed E-state index contributed by atoms with van der Waals surface area (Å²) in [5.74, 6) is -0.192. The van der Waals surface area contributed by atoms with E-state index in [9.17, 15) is 20.1 Å². The van der Waals surface area contributed by atoms with E-state index in [-0.39, 0.29) is 19.1 Å². The highest BCUT2D eigenvalue weighted by molar-refractivity contribution is 5.72. The molecule has 1 fully saturated rings. The van der Waals surface area contributed by atoms with Gasteiger partial charge in [-0.25, -0.2) is 0 Å². The first-order valence-corrected chi connectivity index (χ1v) is 6.20. The van der Waals surface area contributed by atoms with Crippen molar-refractivity contribution in [2.45, 2.75) is 37.6 Å². The van der Waals surface area contributed by atoms with Crippen molar-refractivity contribution < 1.29 is 20.1 Å². The van der Waals surface area contributed by atoms with E-state index in [1.54, 1.807) is 0 Å². The molecular formula is C11H23N3O4. The number of nitrogens with two attached hydrogens (primary N) is 1. The van der Waals surface area contributed by atoms with Gasteiger partial charge in [-0.3, -0.25) is 9.69 Å². The van der Waals surface area contributed by atoms with Crippen molar-refractivity contribution in [1.29, 1.82) is 0 Å². The van der Waals surface area contributed by atoms with Crippen LogP contribution in [0, 0.1) is 0 Å². The predicted molar refractivity (Wildman–Crippen MR) is 65.7 cm³/mol. The predicted octanol–water partition coefficient (Wildman–Crippen LogP) is -2.76. The number of rotatable bonds is 6. The molecule has 4 atom stereocenters. The lowest BCUT2D eigenvalue weighted by Crippen LogP contribution is -2.47. The van der Waals surface area contributed by atoms with Crippen molar-refractivity contribution in [2.24, 2.45) is 5.73 Å². The Bertz CT molecular complexity index is 277. The summed E-state index contributed by atoms with van der Waals surface area (Å²) in [6, 6.07) is -0.905. The summed E-state index contributed by atoms with van der Waals surface area (Å²) in [4.78, 5) is 12.7. The van der Waals surface area contributed by atoms with Crippen LogP contribution in [-0.2, 0) is 4.79 Å². The third-order valence-electron chi connectivity index (χ3n) is 3.36. The summed E-state index contributed by atoms with van der Waals surface area (Å²) in [6.07, 6.45) is -1.29. The van der Waals surface area contributed by atoms with Crippen LogP contribution in [0.3, 0.4) is 0 Å². The van der Waals surface area contributed by atoms with E-state index in [1.165, 1.54) is 6.92 Å². The summed E-state index contributed by atoms with van der Waals surface area (Å²) < 4.78 is 0. The van der Waals surface area contributed by atoms with Gasteiger partial charge in [0.2, 0.25) is 5.91 Å². The quantitative estimate of drug-likeness (QED) is 0.353. The highest BCUT2D eigenvalue weighted by Crippen LogP contribution is 2.25. The van der Waals surface area contributed by atoms with Crippen LogP contribution in [0.1, 0.15) is 13.3 Å². The van der Waals surface area contributed by atoms with E-state index in [2.05, 4.69) is 5.32 Å². The molecule has 6 N–H and O–H groups in total. The molecule has 7 heteroatoms. The summed E-state index contributed by atoms with van der Waals surface area (Å²) >= 11 is 0. The van der Waals surface area contributed by atoms with Crippen molar-refractivity contribution in [2.75, 3.05) is 26.2 Å². The average Bonchev–Trinajstić information content (AvgIpc) is 2.56. The molecule has 0 unspecified atom stereocenters. The molecule has 1 aliphatic rings. The maximum atomic E-state index is 10.9. The molecule has 0 aromatic heterocycles. The Morgan fingerprint density at radius 2 is 1.94 bits per heavy atom. The molecule has 1 aliphatic heterocycles. The second-order valence-corrected chi connectivity index (χ2v) is 4.62. The minimum atomic E-state index is -1.01. The molecule has 0 aromatic carbocycles. The molecule has 0 saturated carbocycles. The first-order chi connectivity index (χ1) is 8.52. The van der Waals surface area contributed by atoms with Gasteiger partial charge >= 0.3 is 0 Å². The van der Waals surface area contributed by atoms with E-state index in [4.69, 9.17) is 5.73 Å². The summed E-state index contributed by atoms with van der Waals surface area (Å²) in [6.45, 7) is 2.47. The Morgan fingerprint density at radius 3 is 2.44 bits per heavy atom. The lowest BCUT2D eigenvalue weighted by atomic mass is 10.1. The SMILES string of the molecule is CC(=O)NC[C@@H]1[C@@H](O)[C@H](O)[C@@H](CO)N1CCCN. The largest absolute Gasteiger partial charge is 0.395 e. The first kappa shape index (κ1) is 15.3. The van der Waals surface area contributed by atoms with Crippen LogP contribution in [0.5, 0.6) is 0 Å². The molecule has 1 amide bonds. The Kier molecular flexibility index (Phi) is 5.97. The van der Waals surface area contributed by atoms with Gasteiger partial charge < -0.3 is 26.4 Å². The van der Waals surface area contributed by atoms with Crippen LogP contribution >= 0.6 is 0 Å². The van der Waals surface area contributed by atoms with Gasteiger partial charge in [-0.05, 0) is 13.0 Å². The molecule has 7 nitrogen and oxygen atoms in total. The van der Waals surface area contributed by atoms with E-state index >= 15 is 0 Å². The molecule has 18 heavy (non-hydrogen) atoms. The van der Waals surface area contributed by atoms with Crippen molar-refractivity contribution in [3.8, 4) is 0 Å². The van der Waals surface area contributed by atoms with E-state index in [1.807, 2.05) is 4.90 Å². The van der Waals surface area contributed by atoms with Crippen LogP contribution < -0.4 is 11.1 Å². The average molecular weight is 261 g/mol. The van der Waals surface area contributed by atoms with Crippen molar-refractivity contribution in [3.63, 3.8) is 0 Å². The van der Waals surface area contributed by atoms with Gasteiger partial charge in [0.1, 0.15) is 0 Å². The second kappa shape index (κ2) is 7.01. The zero-order valence-corrected chi connectivity index (χ0v) is 10.6. The molecule has 1 heterocycles. The Labute approximate surface area is 107 Å². The van der Waals surface area contributed by atoms with Gasteiger partial charge in [0.05, 0.1) is 30.9 Å². The lowest BCUT2D eigenvalue weighted by Gasteiger charge is -2.29. The fourth-order valence-electron chi connectivity index (χ4n) is 2.40. The Morgan fingerprint density at radius 1 is 1.33 bits per heavy atom. The number of hydrogen-bond donors (Lipinski definition) is 5. The van der Waals surface area contributed by atoms with Crippen molar-refractivity contribution in [1.82, 2.24) is 10.2 Å². The minimum absolute atomic E-state index is 0.192. The van der Waals surface area contributed by atoms with Crippen molar-refractivity contribution in [3.05, 3.63) is 0 Å². The van der Waals surface area contributed by atoms with Crippen LogP contribution in [-0.4, -0.2) is 76.7 Å². The van der Waals surface area contributed by atoms with Gasteiger partial charge in [-0.2, -0.15) is 0 Å². The Balaban J connectivity index is 2.71. The minimum Gasteiger partial charge on any atom is -0.395 e.